The molecule has 2 aliphatic rings. The summed E-state index contributed by atoms with van der Waals surface area (Å²) in [7, 11) is -2.07. The number of fused-ring (bicyclic) bond motifs is 1. The molecule has 0 radical (unpaired) electrons. The average Bonchev–Trinajstić information content (AvgIpc) is 3.24. The highest BCUT2D eigenvalue weighted by atomic mass is 28.4. The van der Waals surface area contributed by atoms with Gasteiger partial charge in [-0.2, -0.15) is 0 Å². The topological polar surface area (TPSA) is 61.6 Å². The summed E-state index contributed by atoms with van der Waals surface area (Å²) in [5, 5.41) is 11.4. The molecule has 6 heteroatoms. The molecule has 1 aliphatic heterocycles. The second-order valence-electron chi connectivity index (χ2n) is 10.8. The number of non-ortho nitro benzene ring substituents is 1. The molecule has 1 saturated carbocycles. The van der Waals surface area contributed by atoms with Crippen molar-refractivity contribution < 1.29 is 14.1 Å². The molecule has 0 bridgehead atoms. The SMILES string of the molecule is CC(C)[Si](Oc1ccc2c(c1)OC1(CCCC1)C(c1cccc([N+](=O)[O-])c1)=C2)(C(C)C)C(C)C. The minimum Gasteiger partial charge on any atom is -0.543 e. The predicted octanol–water partition coefficient (Wildman–Crippen LogP) is 8.39. The van der Waals surface area contributed by atoms with Crippen molar-refractivity contribution in [3.63, 3.8) is 0 Å². The van der Waals surface area contributed by atoms with Gasteiger partial charge in [0.25, 0.3) is 14.0 Å². The Morgan fingerprint density at radius 2 is 1.62 bits per heavy atom. The van der Waals surface area contributed by atoms with Crippen LogP contribution in [0, 0.1) is 10.1 Å². The first kappa shape index (κ1) is 24.5. The first-order chi connectivity index (χ1) is 16.1. The van der Waals surface area contributed by atoms with Crippen molar-refractivity contribution in [2.24, 2.45) is 0 Å². The van der Waals surface area contributed by atoms with Crippen LogP contribution in [0.15, 0.2) is 42.5 Å². The predicted molar refractivity (Wildman–Crippen MR) is 141 cm³/mol. The van der Waals surface area contributed by atoms with Crippen LogP contribution in [0.3, 0.4) is 0 Å². The molecule has 1 heterocycles. The monoisotopic (exact) mass is 479 g/mol. The summed E-state index contributed by atoms with van der Waals surface area (Å²) in [6, 6.07) is 13.1. The molecule has 0 saturated heterocycles. The molecule has 2 aromatic carbocycles. The number of nitrogens with zero attached hydrogens (tertiary/aromatic N) is 1. The van der Waals surface area contributed by atoms with E-state index in [4.69, 9.17) is 9.16 Å². The number of nitro groups is 1. The highest BCUT2D eigenvalue weighted by Crippen LogP contribution is 2.51. The molecule has 0 N–H and O–H groups in total. The summed E-state index contributed by atoms with van der Waals surface area (Å²) in [5.74, 6) is 1.75. The fourth-order valence-corrected chi connectivity index (χ4v) is 11.6. The van der Waals surface area contributed by atoms with E-state index in [1.54, 1.807) is 18.2 Å². The molecule has 34 heavy (non-hydrogen) atoms. The van der Waals surface area contributed by atoms with Gasteiger partial charge in [0.1, 0.15) is 17.1 Å². The summed E-state index contributed by atoms with van der Waals surface area (Å²) >= 11 is 0. The number of hydrogen-bond donors (Lipinski definition) is 0. The van der Waals surface area contributed by atoms with Gasteiger partial charge < -0.3 is 9.16 Å². The van der Waals surface area contributed by atoms with E-state index in [2.05, 4.69) is 65.8 Å². The molecule has 4 rings (SSSR count). The second kappa shape index (κ2) is 9.21. The number of benzene rings is 2. The Labute approximate surface area is 204 Å². The van der Waals surface area contributed by atoms with Crippen LogP contribution in [0.5, 0.6) is 11.5 Å². The Hall–Kier alpha value is -2.60. The number of rotatable bonds is 7. The molecule has 5 nitrogen and oxygen atoms in total. The van der Waals surface area contributed by atoms with Gasteiger partial charge in [-0.3, -0.25) is 10.1 Å². The van der Waals surface area contributed by atoms with Crippen LogP contribution in [-0.2, 0) is 0 Å². The molecular formula is C28H37NO4Si. The molecule has 0 atom stereocenters. The van der Waals surface area contributed by atoms with Crippen LogP contribution in [0.4, 0.5) is 5.69 Å². The molecule has 182 valence electrons. The zero-order chi connectivity index (χ0) is 24.7. The first-order valence-corrected chi connectivity index (χ1v) is 14.7. The van der Waals surface area contributed by atoms with Gasteiger partial charge in [-0.1, -0.05) is 53.7 Å². The summed E-state index contributed by atoms with van der Waals surface area (Å²) in [6.07, 6.45) is 6.16. The summed E-state index contributed by atoms with van der Waals surface area (Å²) in [6.45, 7) is 13.8. The van der Waals surface area contributed by atoms with Crippen LogP contribution in [0.1, 0.15) is 78.4 Å². The summed E-state index contributed by atoms with van der Waals surface area (Å²) < 4.78 is 13.7. The molecule has 0 unspecified atom stereocenters. The van der Waals surface area contributed by atoms with Crippen molar-refractivity contribution in [2.45, 2.75) is 89.5 Å². The fraction of sp³-hybridized carbons (Fsp3) is 0.500. The van der Waals surface area contributed by atoms with Crippen LogP contribution in [0.2, 0.25) is 16.6 Å². The minimum absolute atomic E-state index is 0.110. The largest absolute Gasteiger partial charge is 0.543 e. The van der Waals surface area contributed by atoms with E-state index < -0.39 is 13.9 Å². The average molecular weight is 480 g/mol. The third-order valence-electron chi connectivity index (χ3n) is 7.86. The lowest BCUT2D eigenvalue weighted by molar-refractivity contribution is -0.384. The molecule has 0 aromatic heterocycles. The van der Waals surface area contributed by atoms with Crippen molar-refractivity contribution in [2.75, 3.05) is 0 Å². The van der Waals surface area contributed by atoms with E-state index in [1.807, 2.05) is 6.07 Å². The van der Waals surface area contributed by atoms with Crippen LogP contribution < -0.4 is 9.16 Å². The van der Waals surface area contributed by atoms with Gasteiger partial charge in [-0.05, 0) is 66.1 Å². The molecule has 1 aliphatic carbocycles. The zero-order valence-corrected chi connectivity index (χ0v) is 22.3. The highest BCUT2D eigenvalue weighted by Gasteiger charge is 2.47. The highest BCUT2D eigenvalue weighted by molar-refractivity contribution is 6.78. The quantitative estimate of drug-likeness (QED) is 0.227. The standard InChI is InChI=1S/C28H37NO4Si/c1-19(2)34(20(3)4,21(5)6)33-25-13-12-23-17-26(22-10-9-11-24(16-22)29(30)31)28(14-7-8-15-28)32-27(23)18-25/h9-13,16-21H,7-8,14-15H2,1-6H3. The van der Waals surface area contributed by atoms with Crippen LogP contribution >= 0.6 is 0 Å². The molecule has 2 aromatic rings. The third kappa shape index (κ3) is 4.17. The van der Waals surface area contributed by atoms with E-state index in [9.17, 15) is 10.1 Å². The summed E-state index contributed by atoms with van der Waals surface area (Å²) in [4.78, 5) is 11.1. The van der Waals surface area contributed by atoms with E-state index in [-0.39, 0.29) is 10.6 Å². The Morgan fingerprint density at radius 3 is 2.21 bits per heavy atom. The van der Waals surface area contributed by atoms with Gasteiger partial charge in [0, 0.05) is 29.3 Å². The molecule has 0 amide bonds. The fourth-order valence-electron chi connectivity index (χ4n) is 6.35. The third-order valence-corrected chi connectivity index (χ3v) is 13.9. The lowest BCUT2D eigenvalue weighted by Crippen LogP contribution is -2.50. The maximum atomic E-state index is 11.4. The van der Waals surface area contributed by atoms with Gasteiger partial charge in [-0.25, -0.2) is 0 Å². The minimum atomic E-state index is -2.07. The van der Waals surface area contributed by atoms with Crippen molar-refractivity contribution in [3.05, 3.63) is 63.7 Å². The Bertz CT molecular complexity index is 1080. The Balaban J connectivity index is 1.76. The van der Waals surface area contributed by atoms with Gasteiger partial charge in [0.2, 0.25) is 0 Å². The number of nitro benzene ring substituents is 1. The van der Waals surface area contributed by atoms with Crippen molar-refractivity contribution in [1.29, 1.82) is 0 Å². The van der Waals surface area contributed by atoms with E-state index >= 15 is 0 Å². The van der Waals surface area contributed by atoms with Crippen LogP contribution in [-0.4, -0.2) is 18.8 Å². The van der Waals surface area contributed by atoms with E-state index in [1.165, 1.54) is 0 Å². The molecule has 1 fully saturated rings. The van der Waals surface area contributed by atoms with E-state index in [0.717, 1.165) is 53.9 Å². The Kier molecular flexibility index (Phi) is 6.64. The lowest BCUT2D eigenvalue weighted by atomic mass is 9.83. The smallest absolute Gasteiger partial charge is 0.270 e. The van der Waals surface area contributed by atoms with Crippen molar-refractivity contribution in [1.82, 2.24) is 0 Å². The number of ether oxygens (including phenoxy) is 1. The van der Waals surface area contributed by atoms with Gasteiger partial charge in [0.15, 0.2) is 0 Å². The Morgan fingerprint density at radius 1 is 0.971 bits per heavy atom. The van der Waals surface area contributed by atoms with Gasteiger partial charge in [-0.15, -0.1) is 0 Å². The lowest BCUT2D eigenvalue weighted by Gasteiger charge is -2.42. The second-order valence-corrected chi connectivity index (χ2v) is 16.2. The van der Waals surface area contributed by atoms with Crippen LogP contribution in [0.25, 0.3) is 11.6 Å². The van der Waals surface area contributed by atoms with Gasteiger partial charge >= 0.3 is 0 Å². The number of hydrogen-bond acceptors (Lipinski definition) is 4. The first-order valence-electron chi connectivity index (χ1n) is 12.6. The maximum absolute atomic E-state index is 11.4. The molecule has 1 spiro atoms. The van der Waals surface area contributed by atoms with Crippen molar-refractivity contribution in [3.8, 4) is 11.5 Å². The summed E-state index contributed by atoms with van der Waals surface area (Å²) in [5.41, 5.74) is 4.06. The van der Waals surface area contributed by atoms with Gasteiger partial charge in [0.05, 0.1) is 4.92 Å². The zero-order valence-electron chi connectivity index (χ0n) is 21.3. The normalized spacial score (nSPS) is 17.1. The molecular weight excluding hydrogens is 442 g/mol. The van der Waals surface area contributed by atoms with Crippen molar-refractivity contribution >= 4 is 25.7 Å². The maximum Gasteiger partial charge on any atom is 0.270 e. The van der Waals surface area contributed by atoms with E-state index in [0.29, 0.717) is 16.6 Å².